The van der Waals surface area contributed by atoms with Crippen LogP contribution in [0.1, 0.15) is 24.4 Å². The van der Waals surface area contributed by atoms with E-state index in [1.54, 1.807) is 11.3 Å². The monoisotopic (exact) mass is 393 g/mol. The van der Waals surface area contributed by atoms with Crippen molar-refractivity contribution in [2.75, 3.05) is 13.1 Å². The molecule has 1 aromatic heterocycles. The Morgan fingerprint density at radius 3 is 2.92 bits per heavy atom. The Bertz CT molecular complexity index is 740. The molecule has 4 rings (SSSR count). The van der Waals surface area contributed by atoms with E-state index in [9.17, 15) is 4.79 Å². The van der Waals surface area contributed by atoms with Crippen molar-refractivity contribution in [2.45, 2.75) is 31.5 Å². The number of carbonyl (C=O) groups excluding carboxylic acids is 1. The van der Waals surface area contributed by atoms with Crippen molar-refractivity contribution in [3.8, 4) is 11.3 Å². The Morgan fingerprint density at radius 1 is 1.31 bits per heavy atom. The number of hydrogen-bond donors (Lipinski definition) is 4. The van der Waals surface area contributed by atoms with Crippen LogP contribution < -0.4 is 21.5 Å². The first-order chi connectivity index (χ1) is 12.2. The minimum absolute atomic E-state index is 0. The first-order valence-corrected chi connectivity index (χ1v) is 9.63. The van der Waals surface area contributed by atoms with Gasteiger partial charge in [-0.15, -0.1) is 23.7 Å². The number of amides is 1. The number of aromatic nitrogens is 1. The molecule has 4 atom stereocenters. The van der Waals surface area contributed by atoms with E-state index in [4.69, 9.17) is 4.98 Å². The average Bonchev–Trinajstić information content (AvgIpc) is 3.30. The number of nitrogens with one attached hydrogen (secondary N) is 4. The summed E-state index contributed by atoms with van der Waals surface area (Å²) >= 11 is 1.59. The van der Waals surface area contributed by atoms with Crippen LogP contribution in [0.3, 0.4) is 0 Å². The van der Waals surface area contributed by atoms with Gasteiger partial charge in [0.25, 0.3) is 0 Å². The Balaban J connectivity index is 0.00000196. The molecule has 4 unspecified atom stereocenters. The van der Waals surface area contributed by atoms with E-state index in [-0.39, 0.29) is 36.3 Å². The fourth-order valence-electron chi connectivity index (χ4n) is 3.57. The third kappa shape index (κ3) is 3.92. The van der Waals surface area contributed by atoms with Crippen molar-refractivity contribution < 1.29 is 4.79 Å². The molecular formula is C18H24ClN5OS. The van der Waals surface area contributed by atoms with E-state index in [0.717, 1.165) is 35.8 Å². The molecule has 0 bridgehead atoms. The number of hydrazine groups is 1. The Morgan fingerprint density at radius 2 is 2.12 bits per heavy atom. The number of benzene rings is 1. The summed E-state index contributed by atoms with van der Waals surface area (Å²) in [5, 5.41) is 9.46. The van der Waals surface area contributed by atoms with Gasteiger partial charge in [-0.3, -0.25) is 10.2 Å². The van der Waals surface area contributed by atoms with Gasteiger partial charge in [0.2, 0.25) is 5.91 Å². The molecule has 0 radical (unpaired) electrons. The van der Waals surface area contributed by atoms with Crippen LogP contribution in [0.5, 0.6) is 0 Å². The summed E-state index contributed by atoms with van der Waals surface area (Å²) in [6.45, 7) is 3.86. The van der Waals surface area contributed by atoms with Gasteiger partial charge in [-0.2, -0.15) is 0 Å². The molecule has 1 amide bonds. The quantitative estimate of drug-likeness (QED) is 0.637. The Hall–Kier alpha value is -1.51. The number of halogens is 1. The molecule has 0 aliphatic carbocycles. The summed E-state index contributed by atoms with van der Waals surface area (Å²) in [5.74, 6) is 0.324. The van der Waals surface area contributed by atoms with Gasteiger partial charge in [-0.1, -0.05) is 30.3 Å². The molecule has 1 aromatic carbocycles. The number of fused-ring (bicyclic) bond motifs is 1. The smallest absolute Gasteiger partial charge is 0.239 e. The maximum atomic E-state index is 12.7. The van der Waals surface area contributed by atoms with Crippen molar-refractivity contribution >= 4 is 29.7 Å². The highest BCUT2D eigenvalue weighted by Crippen LogP contribution is 2.26. The highest BCUT2D eigenvalue weighted by molar-refractivity contribution is 7.10. The summed E-state index contributed by atoms with van der Waals surface area (Å²) < 4.78 is 0. The largest absolute Gasteiger partial charge is 0.346 e. The van der Waals surface area contributed by atoms with Crippen molar-refractivity contribution in [3.63, 3.8) is 0 Å². The molecule has 2 aromatic rings. The van der Waals surface area contributed by atoms with Crippen molar-refractivity contribution in [1.29, 1.82) is 0 Å². The van der Waals surface area contributed by atoms with E-state index in [2.05, 4.69) is 21.5 Å². The number of nitrogens with zero attached hydrogens (tertiary/aromatic N) is 1. The van der Waals surface area contributed by atoms with Crippen LogP contribution in [-0.2, 0) is 4.79 Å². The highest BCUT2D eigenvalue weighted by Gasteiger charge is 2.41. The second kappa shape index (κ2) is 8.45. The van der Waals surface area contributed by atoms with Gasteiger partial charge < -0.3 is 10.6 Å². The topological polar surface area (TPSA) is 78.1 Å². The lowest BCUT2D eigenvalue weighted by molar-refractivity contribution is -0.124. The fourth-order valence-corrected chi connectivity index (χ4v) is 4.40. The number of rotatable bonds is 4. The Kier molecular flexibility index (Phi) is 6.26. The molecule has 140 valence electrons. The van der Waals surface area contributed by atoms with E-state index < -0.39 is 0 Å². The van der Waals surface area contributed by atoms with Gasteiger partial charge in [0.1, 0.15) is 11.0 Å². The molecular weight excluding hydrogens is 370 g/mol. The zero-order valence-corrected chi connectivity index (χ0v) is 16.2. The second-order valence-corrected chi connectivity index (χ2v) is 7.59. The van der Waals surface area contributed by atoms with Crippen LogP contribution in [0.15, 0.2) is 35.7 Å². The van der Waals surface area contributed by atoms with Gasteiger partial charge in [0, 0.05) is 29.4 Å². The standard InChI is InChI=1S/C18H23N5OS.ClH/c1-11(18-21-15(10-25-18)12-5-3-2-4-6-12)20-17(24)16-13-9-19-8-7-14(13)22-23-16;/h2-6,10-11,13-14,16,19,22-23H,7-9H2,1H3,(H,20,24);1H. The Labute approximate surface area is 163 Å². The number of carbonyl (C=O) groups is 1. The van der Waals surface area contributed by atoms with Crippen LogP contribution in [-0.4, -0.2) is 36.1 Å². The van der Waals surface area contributed by atoms with Gasteiger partial charge in [-0.05, 0) is 19.9 Å². The summed E-state index contributed by atoms with van der Waals surface area (Å²) in [5.41, 5.74) is 8.49. The van der Waals surface area contributed by atoms with Crippen molar-refractivity contribution in [2.24, 2.45) is 5.92 Å². The average molecular weight is 394 g/mol. The fraction of sp³-hybridized carbons (Fsp3) is 0.444. The molecule has 3 heterocycles. The van der Waals surface area contributed by atoms with Crippen LogP contribution in [0.25, 0.3) is 11.3 Å². The zero-order valence-electron chi connectivity index (χ0n) is 14.6. The first kappa shape index (κ1) is 19.3. The van der Waals surface area contributed by atoms with Gasteiger partial charge in [0.05, 0.1) is 11.7 Å². The molecule has 0 saturated carbocycles. The first-order valence-electron chi connectivity index (χ1n) is 8.75. The normalized spacial score (nSPS) is 25.8. The van der Waals surface area contributed by atoms with Crippen LogP contribution in [0.2, 0.25) is 0 Å². The van der Waals surface area contributed by atoms with E-state index in [0.29, 0.717) is 6.04 Å². The molecule has 26 heavy (non-hydrogen) atoms. The molecule has 2 aliphatic rings. The summed E-state index contributed by atoms with van der Waals surface area (Å²) in [6.07, 6.45) is 1.05. The van der Waals surface area contributed by atoms with E-state index in [1.165, 1.54) is 0 Å². The molecule has 2 saturated heterocycles. The number of thiazole rings is 1. The van der Waals surface area contributed by atoms with Crippen LogP contribution >= 0.6 is 23.7 Å². The predicted octanol–water partition coefficient (Wildman–Crippen LogP) is 1.86. The molecule has 6 nitrogen and oxygen atoms in total. The van der Waals surface area contributed by atoms with E-state index in [1.807, 2.05) is 42.6 Å². The third-order valence-electron chi connectivity index (χ3n) is 4.98. The van der Waals surface area contributed by atoms with Gasteiger partial charge in [0.15, 0.2) is 0 Å². The van der Waals surface area contributed by atoms with Crippen molar-refractivity contribution in [3.05, 3.63) is 40.7 Å². The van der Waals surface area contributed by atoms with Crippen molar-refractivity contribution in [1.82, 2.24) is 26.5 Å². The highest BCUT2D eigenvalue weighted by atomic mass is 35.5. The van der Waals surface area contributed by atoms with E-state index >= 15 is 0 Å². The summed E-state index contributed by atoms with van der Waals surface area (Å²) in [6, 6.07) is 10.2. The zero-order chi connectivity index (χ0) is 17.2. The number of piperidine rings is 1. The molecule has 8 heteroatoms. The SMILES string of the molecule is CC(NC(=O)C1NNC2CCNCC21)c1nc(-c2ccccc2)cs1.Cl. The molecule has 2 fully saturated rings. The minimum atomic E-state index is -0.200. The minimum Gasteiger partial charge on any atom is -0.346 e. The van der Waals surface area contributed by atoms with Crippen LogP contribution in [0, 0.1) is 5.92 Å². The lowest BCUT2D eigenvalue weighted by Gasteiger charge is -2.27. The predicted molar refractivity (Wildman–Crippen MR) is 106 cm³/mol. The lowest BCUT2D eigenvalue weighted by atomic mass is 9.89. The van der Waals surface area contributed by atoms with Gasteiger partial charge in [-0.25, -0.2) is 10.4 Å². The second-order valence-electron chi connectivity index (χ2n) is 6.70. The number of hydrogen-bond acceptors (Lipinski definition) is 6. The third-order valence-corrected chi connectivity index (χ3v) is 6.01. The maximum Gasteiger partial charge on any atom is 0.239 e. The van der Waals surface area contributed by atoms with Gasteiger partial charge >= 0.3 is 0 Å². The molecule has 0 spiro atoms. The molecule has 2 aliphatic heterocycles. The summed E-state index contributed by atoms with van der Waals surface area (Å²) in [4.78, 5) is 17.4. The summed E-state index contributed by atoms with van der Waals surface area (Å²) in [7, 11) is 0. The maximum absolute atomic E-state index is 12.7. The molecule has 4 N–H and O–H groups in total. The van der Waals surface area contributed by atoms with Crippen LogP contribution in [0.4, 0.5) is 0 Å². The lowest BCUT2D eigenvalue weighted by Crippen LogP contribution is -2.49.